The number of nitrogens with zero attached hydrogens (tertiary/aromatic N) is 2. The Kier molecular flexibility index (Phi) is 6.94. The normalized spacial score (nSPS) is 21.1. The van der Waals surface area contributed by atoms with Crippen LogP contribution in [0, 0.1) is 11.7 Å². The summed E-state index contributed by atoms with van der Waals surface area (Å²) in [5.41, 5.74) is 4.63. The molecule has 2 aliphatic rings. The second-order valence-corrected chi connectivity index (χ2v) is 10.1. The summed E-state index contributed by atoms with van der Waals surface area (Å²) in [6.07, 6.45) is 3.39. The van der Waals surface area contributed by atoms with E-state index in [4.69, 9.17) is 13.9 Å². The molecular formula is C31H34FN3O3. The lowest BCUT2D eigenvalue weighted by atomic mass is 9.99. The van der Waals surface area contributed by atoms with Crippen molar-refractivity contribution in [2.45, 2.75) is 51.7 Å². The Morgan fingerprint density at radius 1 is 0.974 bits per heavy atom. The number of hydrogen-bond acceptors (Lipinski definition) is 6. The van der Waals surface area contributed by atoms with Crippen LogP contribution in [0.2, 0.25) is 0 Å². The molecule has 0 radical (unpaired) electrons. The smallest absolute Gasteiger partial charge is 0.295 e. The first kappa shape index (κ1) is 24.7. The largest absolute Gasteiger partial charge is 0.493 e. The molecule has 1 unspecified atom stereocenters. The highest BCUT2D eigenvalue weighted by Gasteiger charge is 2.44. The number of aromatic nitrogens is 1. The fourth-order valence-corrected chi connectivity index (χ4v) is 6.25. The molecule has 3 aromatic carbocycles. The summed E-state index contributed by atoms with van der Waals surface area (Å²) >= 11 is 0. The van der Waals surface area contributed by atoms with Crippen LogP contribution in [-0.4, -0.2) is 41.7 Å². The van der Waals surface area contributed by atoms with Gasteiger partial charge >= 0.3 is 0 Å². The zero-order chi connectivity index (χ0) is 26.1. The van der Waals surface area contributed by atoms with E-state index in [0.717, 1.165) is 66.1 Å². The molecule has 0 spiro atoms. The molecular weight excluding hydrogens is 481 g/mol. The van der Waals surface area contributed by atoms with Gasteiger partial charge in [-0.05, 0) is 93.1 Å². The van der Waals surface area contributed by atoms with E-state index in [2.05, 4.69) is 27.3 Å². The number of hydrogen-bond donors (Lipinski definition) is 1. The highest BCUT2D eigenvalue weighted by molar-refractivity contribution is 5.77. The minimum absolute atomic E-state index is 0.259. The van der Waals surface area contributed by atoms with Gasteiger partial charge in [0.25, 0.3) is 6.01 Å². The Morgan fingerprint density at radius 3 is 2.42 bits per heavy atom. The van der Waals surface area contributed by atoms with Crippen molar-refractivity contribution in [3.8, 4) is 22.6 Å². The topological polar surface area (TPSA) is 59.8 Å². The van der Waals surface area contributed by atoms with Gasteiger partial charge < -0.3 is 19.2 Å². The van der Waals surface area contributed by atoms with Crippen LogP contribution in [0.5, 0.6) is 11.5 Å². The zero-order valence-corrected chi connectivity index (χ0v) is 22.0. The highest BCUT2D eigenvalue weighted by atomic mass is 19.1. The lowest BCUT2D eigenvalue weighted by molar-refractivity contribution is 0.231. The van der Waals surface area contributed by atoms with E-state index in [1.54, 1.807) is 12.1 Å². The molecule has 1 saturated heterocycles. The van der Waals surface area contributed by atoms with E-state index >= 15 is 0 Å². The van der Waals surface area contributed by atoms with Gasteiger partial charge in [0.2, 0.25) is 0 Å². The molecule has 0 amide bonds. The maximum Gasteiger partial charge on any atom is 0.295 e. The van der Waals surface area contributed by atoms with Crippen molar-refractivity contribution in [1.82, 2.24) is 9.88 Å². The SMILES string of the molecule is CCOc1cc(CN2CC[C@H]3C(Nc4nc5ccccc5o4)CC[C@H]32)cc(OCC)c1-c1ccc(F)cc1. The first-order valence-electron chi connectivity index (χ1n) is 13.7. The van der Waals surface area contributed by atoms with Gasteiger partial charge in [-0.15, -0.1) is 0 Å². The third-order valence-corrected chi connectivity index (χ3v) is 7.85. The Balaban J connectivity index is 1.21. The van der Waals surface area contributed by atoms with Crippen molar-refractivity contribution in [1.29, 1.82) is 0 Å². The minimum atomic E-state index is -0.259. The number of rotatable bonds is 9. The highest BCUT2D eigenvalue weighted by Crippen LogP contribution is 2.43. The number of para-hydroxylation sites is 2. The molecule has 1 aliphatic heterocycles. The predicted octanol–water partition coefficient (Wildman–Crippen LogP) is 6.90. The van der Waals surface area contributed by atoms with Crippen molar-refractivity contribution < 1.29 is 18.3 Å². The van der Waals surface area contributed by atoms with E-state index in [1.807, 2.05) is 38.1 Å². The van der Waals surface area contributed by atoms with Gasteiger partial charge in [0.1, 0.15) is 22.8 Å². The van der Waals surface area contributed by atoms with Gasteiger partial charge in [-0.25, -0.2) is 4.39 Å². The molecule has 1 aromatic heterocycles. The second kappa shape index (κ2) is 10.7. The number of anilines is 1. The first-order valence-corrected chi connectivity index (χ1v) is 13.7. The van der Waals surface area contributed by atoms with Crippen molar-refractivity contribution in [2.75, 3.05) is 25.1 Å². The average molecular weight is 516 g/mol. The van der Waals surface area contributed by atoms with Crippen molar-refractivity contribution in [3.05, 3.63) is 72.0 Å². The average Bonchev–Trinajstić information content (AvgIpc) is 3.62. The molecule has 3 atom stereocenters. The van der Waals surface area contributed by atoms with E-state index in [1.165, 1.54) is 17.7 Å². The van der Waals surface area contributed by atoms with Gasteiger partial charge in [-0.3, -0.25) is 4.90 Å². The van der Waals surface area contributed by atoms with Crippen LogP contribution in [0.4, 0.5) is 10.4 Å². The van der Waals surface area contributed by atoms with Crippen LogP contribution in [0.25, 0.3) is 22.2 Å². The van der Waals surface area contributed by atoms with Crippen molar-refractivity contribution >= 4 is 17.1 Å². The summed E-state index contributed by atoms with van der Waals surface area (Å²) in [6, 6.07) is 20.1. The van der Waals surface area contributed by atoms with E-state index in [9.17, 15) is 4.39 Å². The molecule has 38 heavy (non-hydrogen) atoms. The number of ether oxygens (including phenoxy) is 2. The van der Waals surface area contributed by atoms with Gasteiger partial charge in [-0.2, -0.15) is 4.98 Å². The van der Waals surface area contributed by atoms with Gasteiger partial charge in [0.05, 0.1) is 18.8 Å². The lowest BCUT2D eigenvalue weighted by Gasteiger charge is -2.25. The summed E-state index contributed by atoms with van der Waals surface area (Å²) in [7, 11) is 0. The van der Waals surface area contributed by atoms with Crippen LogP contribution >= 0.6 is 0 Å². The monoisotopic (exact) mass is 515 g/mol. The van der Waals surface area contributed by atoms with E-state index in [0.29, 0.717) is 37.2 Å². The van der Waals surface area contributed by atoms with Crippen LogP contribution < -0.4 is 14.8 Å². The van der Waals surface area contributed by atoms with E-state index in [-0.39, 0.29) is 5.82 Å². The van der Waals surface area contributed by atoms with Gasteiger partial charge in [0.15, 0.2) is 5.58 Å². The molecule has 2 fully saturated rings. The number of fused-ring (bicyclic) bond motifs is 2. The molecule has 6 nitrogen and oxygen atoms in total. The predicted molar refractivity (Wildman–Crippen MR) is 147 cm³/mol. The Morgan fingerprint density at radius 2 is 1.71 bits per heavy atom. The summed E-state index contributed by atoms with van der Waals surface area (Å²) in [5, 5.41) is 3.60. The minimum Gasteiger partial charge on any atom is -0.493 e. The summed E-state index contributed by atoms with van der Waals surface area (Å²) < 4.78 is 31.7. The van der Waals surface area contributed by atoms with Gasteiger partial charge in [-0.1, -0.05) is 24.3 Å². The quantitative estimate of drug-likeness (QED) is 0.262. The van der Waals surface area contributed by atoms with Crippen LogP contribution in [0.3, 0.4) is 0 Å². The number of benzene rings is 3. The molecule has 6 rings (SSSR count). The molecule has 0 bridgehead atoms. The molecule has 1 aliphatic carbocycles. The van der Waals surface area contributed by atoms with Crippen molar-refractivity contribution in [2.24, 2.45) is 5.92 Å². The molecule has 7 heteroatoms. The maximum absolute atomic E-state index is 13.6. The summed E-state index contributed by atoms with van der Waals surface area (Å²) in [6.45, 7) is 6.93. The first-order chi connectivity index (χ1) is 18.6. The van der Waals surface area contributed by atoms with Crippen LogP contribution in [0.15, 0.2) is 65.1 Å². The second-order valence-electron chi connectivity index (χ2n) is 10.1. The standard InChI is InChI=1S/C31H34FN3O3/c1-3-36-28-17-20(18-29(37-4-2)30(28)21-9-11-22(32)12-10-21)19-35-16-15-23-24(13-14-26(23)35)33-31-34-25-7-5-6-8-27(25)38-31/h5-12,17-18,23-24,26H,3-4,13-16,19H2,1-2H3,(H,33,34)/t23-,24?,26+/m0/s1. The molecule has 4 aromatic rings. The fraction of sp³-hybridized carbons (Fsp3) is 0.387. The molecule has 2 heterocycles. The van der Waals surface area contributed by atoms with Crippen LogP contribution in [-0.2, 0) is 6.54 Å². The van der Waals surface area contributed by atoms with E-state index < -0.39 is 0 Å². The number of nitrogens with one attached hydrogen (secondary N) is 1. The summed E-state index contributed by atoms with van der Waals surface area (Å²) in [5.74, 6) is 1.85. The zero-order valence-electron chi connectivity index (χ0n) is 22.0. The number of likely N-dealkylation sites (tertiary alicyclic amines) is 1. The molecule has 1 saturated carbocycles. The summed E-state index contributed by atoms with van der Waals surface area (Å²) in [4.78, 5) is 7.22. The lowest BCUT2D eigenvalue weighted by Crippen LogP contribution is -2.32. The Labute approximate surface area is 222 Å². The van der Waals surface area contributed by atoms with Crippen LogP contribution in [0.1, 0.15) is 38.7 Å². The Hall–Kier alpha value is -3.58. The molecule has 1 N–H and O–H groups in total. The maximum atomic E-state index is 13.6. The number of halogens is 1. The third kappa shape index (κ3) is 4.83. The third-order valence-electron chi connectivity index (χ3n) is 7.85. The van der Waals surface area contributed by atoms with Gasteiger partial charge in [0, 0.05) is 18.6 Å². The fourth-order valence-electron chi connectivity index (χ4n) is 6.25. The van der Waals surface area contributed by atoms with Crippen molar-refractivity contribution in [3.63, 3.8) is 0 Å². The Bertz CT molecular complexity index is 1340. The number of oxazole rings is 1. The molecule has 198 valence electrons.